The van der Waals surface area contributed by atoms with Crippen LogP contribution in [-0.2, 0) is 4.74 Å². The molecule has 0 N–H and O–H groups in total. The Bertz CT molecular complexity index is 1030. The average Bonchev–Trinajstić information content (AvgIpc) is 2.85. The molecule has 2 aliphatic carbocycles. The minimum Gasteiger partial charge on any atom is -0.377 e. The molecule has 0 bridgehead atoms. The summed E-state index contributed by atoms with van der Waals surface area (Å²) in [5.41, 5.74) is 2.25. The van der Waals surface area contributed by atoms with Gasteiger partial charge in [-0.2, -0.15) is 0 Å². The van der Waals surface area contributed by atoms with Gasteiger partial charge in [0, 0.05) is 18.6 Å². The molecule has 2 unspecified atom stereocenters. The third kappa shape index (κ3) is 5.33. The Morgan fingerprint density at radius 2 is 1.61 bits per heavy atom. The molecule has 0 amide bonds. The maximum Gasteiger partial charge on any atom is 0.166 e. The first kappa shape index (κ1) is 23.6. The van der Waals surface area contributed by atoms with Crippen LogP contribution in [0.4, 0.5) is 13.2 Å². The Balaban J connectivity index is 1.47. The van der Waals surface area contributed by atoms with Gasteiger partial charge >= 0.3 is 0 Å². The Hall–Kier alpha value is -2.59. The van der Waals surface area contributed by atoms with Crippen molar-refractivity contribution < 1.29 is 17.9 Å². The van der Waals surface area contributed by atoms with Crippen LogP contribution in [0.25, 0.3) is 17.2 Å². The van der Waals surface area contributed by atoms with Gasteiger partial charge in [-0.1, -0.05) is 54.6 Å². The second-order valence-electron chi connectivity index (χ2n) is 9.17. The van der Waals surface area contributed by atoms with Crippen molar-refractivity contribution in [2.45, 2.75) is 50.5 Å². The molecule has 2 aliphatic rings. The summed E-state index contributed by atoms with van der Waals surface area (Å²) >= 11 is 0. The topological polar surface area (TPSA) is 9.23 Å². The molecule has 33 heavy (non-hydrogen) atoms. The predicted octanol–water partition coefficient (Wildman–Crippen LogP) is 8.38. The van der Waals surface area contributed by atoms with E-state index in [4.69, 9.17) is 4.74 Å². The van der Waals surface area contributed by atoms with Gasteiger partial charge in [0.2, 0.25) is 0 Å². The van der Waals surface area contributed by atoms with Gasteiger partial charge in [-0.15, -0.1) is 6.58 Å². The summed E-state index contributed by atoms with van der Waals surface area (Å²) in [5.74, 6) is -1.40. The smallest absolute Gasteiger partial charge is 0.166 e. The predicted molar refractivity (Wildman–Crippen MR) is 128 cm³/mol. The summed E-state index contributed by atoms with van der Waals surface area (Å²) in [6.45, 7) is 3.85. The van der Waals surface area contributed by atoms with Crippen molar-refractivity contribution in [2.24, 2.45) is 11.8 Å². The molecule has 1 fully saturated rings. The number of halogens is 3. The summed E-state index contributed by atoms with van der Waals surface area (Å²) in [4.78, 5) is 0. The first-order chi connectivity index (χ1) is 16.0. The molecule has 0 spiro atoms. The van der Waals surface area contributed by atoms with Gasteiger partial charge < -0.3 is 4.74 Å². The molecule has 174 valence electrons. The highest BCUT2D eigenvalue weighted by atomic mass is 19.2. The lowest BCUT2D eigenvalue weighted by molar-refractivity contribution is 0.119. The molecule has 4 heteroatoms. The van der Waals surface area contributed by atoms with E-state index in [1.54, 1.807) is 31.4 Å². The minimum absolute atomic E-state index is 0.0608. The SMILES string of the molecule is C=CC1CCC(c2ccc(-c3ccc(/C=C/C4CCC(OC)C=C4F)cc3)c(F)c2F)CC1. The molecule has 0 radical (unpaired) electrons. The van der Waals surface area contributed by atoms with E-state index < -0.39 is 11.6 Å². The highest BCUT2D eigenvalue weighted by Crippen LogP contribution is 2.39. The van der Waals surface area contributed by atoms with Gasteiger partial charge in [0.25, 0.3) is 0 Å². The molecule has 2 aromatic carbocycles. The molecule has 1 nitrogen and oxygen atoms in total. The van der Waals surface area contributed by atoms with Crippen molar-refractivity contribution in [1.82, 2.24) is 0 Å². The van der Waals surface area contributed by atoms with E-state index >= 15 is 0 Å². The van der Waals surface area contributed by atoms with E-state index in [0.29, 0.717) is 23.5 Å². The van der Waals surface area contributed by atoms with Crippen molar-refractivity contribution in [3.05, 3.63) is 89.8 Å². The first-order valence-electron chi connectivity index (χ1n) is 11.8. The number of benzene rings is 2. The molecule has 0 aromatic heterocycles. The van der Waals surface area contributed by atoms with Gasteiger partial charge in [0.1, 0.15) is 5.83 Å². The van der Waals surface area contributed by atoms with Crippen molar-refractivity contribution in [2.75, 3.05) is 7.11 Å². The summed E-state index contributed by atoms with van der Waals surface area (Å²) in [7, 11) is 1.59. The average molecular weight is 453 g/mol. The molecule has 1 saturated carbocycles. The first-order valence-corrected chi connectivity index (χ1v) is 11.8. The van der Waals surface area contributed by atoms with Crippen molar-refractivity contribution in [1.29, 1.82) is 0 Å². The second kappa shape index (κ2) is 10.6. The fraction of sp³-hybridized carbons (Fsp3) is 0.379. The Labute approximate surface area is 194 Å². The third-order valence-electron chi connectivity index (χ3n) is 7.16. The molecule has 2 aromatic rings. The number of hydrogen-bond donors (Lipinski definition) is 0. The normalized spacial score (nSPS) is 25.8. The van der Waals surface area contributed by atoms with Crippen LogP contribution in [0, 0.1) is 23.5 Å². The van der Waals surface area contributed by atoms with Crippen LogP contribution in [0.5, 0.6) is 0 Å². The lowest BCUT2D eigenvalue weighted by atomic mass is 9.78. The largest absolute Gasteiger partial charge is 0.377 e. The molecular formula is C29H31F3O. The number of methoxy groups -OCH3 is 1. The highest BCUT2D eigenvalue weighted by Gasteiger charge is 2.25. The van der Waals surface area contributed by atoms with E-state index in [9.17, 15) is 13.2 Å². The van der Waals surface area contributed by atoms with Gasteiger partial charge in [-0.3, -0.25) is 0 Å². The minimum atomic E-state index is -0.788. The number of rotatable bonds is 6. The molecule has 0 saturated heterocycles. The maximum atomic E-state index is 15.0. The van der Waals surface area contributed by atoms with E-state index in [0.717, 1.165) is 37.7 Å². The van der Waals surface area contributed by atoms with Gasteiger partial charge in [-0.25, -0.2) is 13.2 Å². The third-order valence-corrected chi connectivity index (χ3v) is 7.16. The van der Waals surface area contributed by atoms with Gasteiger partial charge in [0.05, 0.1) is 6.10 Å². The quantitative estimate of drug-likeness (QED) is 0.400. The fourth-order valence-corrected chi connectivity index (χ4v) is 5.01. The number of allylic oxidation sites excluding steroid dienone is 3. The highest BCUT2D eigenvalue weighted by molar-refractivity contribution is 5.67. The Morgan fingerprint density at radius 3 is 2.24 bits per heavy atom. The van der Waals surface area contributed by atoms with E-state index in [2.05, 4.69) is 6.58 Å². The van der Waals surface area contributed by atoms with Crippen LogP contribution < -0.4 is 0 Å². The number of hydrogen-bond acceptors (Lipinski definition) is 1. The summed E-state index contributed by atoms with van der Waals surface area (Å²) in [5, 5.41) is 0. The van der Waals surface area contributed by atoms with Crippen molar-refractivity contribution >= 4 is 6.08 Å². The Kier molecular flexibility index (Phi) is 7.54. The molecule has 0 heterocycles. The van der Waals surface area contributed by atoms with Crippen LogP contribution in [0.1, 0.15) is 55.6 Å². The standard InChI is InChI=1S/C29H31F3O/c1-3-19-4-9-21(10-5-19)25-16-17-26(29(32)28(25)31)22-11-6-20(7-12-22)8-13-23-14-15-24(33-2)18-27(23)30/h3,6-8,11-13,16-19,21,23-24H,1,4-5,9-10,14-15H2,2H3/b13-8+. The second-order valence-corrected chi connectivity index (χ2v) is 9.17. The molecule has 4 rings (SSSR count). The number of ether oxygens (including phenoxy) is 1. The fourth-order valence-electron chi connectivity index (χ4n) is 5.01. The summed E-state index contributed by atoms with van der Waals surface area (Å²) < 4.78 is 49.3. The zero-order valence-electron chi connectivity index (χ0n) is 19.1. The zero-order valence-corrected chi connectivity index (χ0v) is 19.1. The van der Waals surface area contributed by atoms with Gasteiger partial charge in [0.15, 0.2) is 11.6 Å². The van der Waals surface area contributed by atoms with Crippen LogP contribution in [0.15, 0.2) is 67.0 Å². The lowest BCUT2D eigenvalue weighted by Crippen LogP contribution is -2.16. The van der Waals surface area contributed by atoms with Crippen molar-refractivity contribution in [3.8, 4) is 11.1 Å². The van der Waals surface area contributed by atoms with Crippen LogP contribution >= 0.6 is 0 Å². The van der Waals surface area contributed by atoms with Crippen molar-refractivity contribution in [3.63, 3.8) is 0 Å². The van der Waals surface area contributed by atoms with Crippen LogP contribution in [0.2, 0.25) is 0 Å². The Morgan fingerprint density at radius 1 is 0.879 bits per heavy atom. The maximum absolute atomic E-state index is 15.0. The van der Waals surface area contributed by atoms with E-state index in [-0.39, 0.29) is 29.3 Å². The zero-order chi connectivity index (χ0) is 23.4. The summed E-state index contributed by atoms with van der Waals surface area (Å²) in [6.07, 6.45) is 12.2. The van der Waals surface area contributed by atoms with E-state index in [1.165, 1.54) is 6.08 Å². The van der Waals surface area contributed by atoms with Crippen LogP contribution in [0.3, 0.4) is 0 Å². The molecule has 0 aliphatic heterocycles. The monoisotopic (exact) mass is 452 g/mol. The van der Waals surface area contributed by atoms with Crippen LogP contribution in [-0.4, -0.2) is 13.2 Å². The van der Waals surface area contributed by atoms with Gasteiger partial charge in [-0.05, 0) is 73.1 Å². The molecular weight excluding hydrogens is 421 g/mol. The van der Waals surface area contributed by atoms with E-state index in [1.807, 2.05) is 30.4 Å². The molecule has 2 atom stereocenters. The lowest BCUT2D eigenvalue weighted by Gasteiger charge is -2.27. The summed E-state index contributed by atoms with van der Waals surface area (Å²) in [6, 6.07) is 10.7.